The molecule has 0 radical (unpaired) electrons. The van der Waals surface area contributed by atoms with Crippen molar-refractivity contribution in [1.82, 2.24) is 0 Å². The Balaban J connectivity index is 1.62. The van der Waals surface area contributed by atoms with Crippen molar-refractivity contribution in [3.63, 3.8) is 0 Å². The quantitative estimate of drug-likeness (QED) is 0.412. The van der Waals surface area contributed by atoms with Gasteiger partial charge in [-0.05, 0) is 34.9 Å². The van der Waals surface area contributed by atoms with Gasteiger partial charge in [0.15, 0.2) is 5.60 Å². The van der Waals surface area contributed by atoms with Crippen LogP contribution in [-0.2, 0) is 16.9 Å². The van der Waals surface area contributed by atoms with Crippen molar-refractivity contribution < 1.29 is 9.90 Å². The second-order valence-electron chi connectivity index (χ2n) is 8.44. The van der Waals surface area contributed by atoms with Crippen LogP contribution in [0.5, 0.6) is 0 Å². The average Bonchev–Trinajstić information content (AvgIpc) is 3.03. The van der Waals surface area contributed by atoms with E-state index in [2.05, 4.69) is 24.8 Å². The predicted octanol–water partition coefficient (Wildman–Crippen LogP) is 5.85. The first-order chi connectivity index (χ1) is 15.5. The van der Waals surface area contributed by atoms with E-state index in [4.69, 9.17) is 0 Å². The SMILES string of the molecule is C=C[C@H](c1ccc(C)cc1)[C@]1(O)C(=O)N(Cc2cccc3ccccc23)c2ccccc21. The van der Waals surface area contributed by atoms with Gasteiger partial charge in [0, 0.05) is 11.5 Å². The van der Waals surface area contributed by atoms with Crippen LogP contribution in [0.4, 0.5) is 5.69 Å². The minimum atomic E-state index is -1.71. The van der Waals surface area contributed by atoms with Gasteiger partial charge in [-0.15, -0.1) is 6.58 Å². The smallest absolute Gasteiger partial charge is 0.264 e. The second kappa shape index (κ2) is 7.77. The van der Waals surface area contributed by atoms with E-state index in [0.717, 1.165) is 33.2 Å². The Morgan fingerprint density at radius 1 is 0.938 bits per heavy atom. The highest BCUT2D eigenvalue weighted by atomic mass is 16.3. The average molecular weight is 420 g/mol. The lowest BCUT2D eigenvalue weighted by molar-refractivity contribution is -0.137. The van der Waals surface area contributed by atoms with Crippen LogP contribution in [0.3, 0.4) is 0 Å². The number of amides is 1. The summed E-state index contributed by atoms with van der Waals surface area (Å²) < 4.78 is 0. The van der Waals surface area contributed by atoms with Crippen molar-refractivity contribution >= 4 is 22.4 Å². The lowest BCUT2D eigenvalue weighted by Gasteiger charge is -2.30. The number of para-hydroxylation sites is 1. The maximum Gasteiger partial charge on any atom is 0.264 e. The molecule has 1 heterocycles. The number of anilines is 1. The van der Waals surface area contributed by atoms with E-state index in [1.165, 1.54) is 0 Å². The maximum absolute atomic E-state index is 13.9. The molecule has 0 bridgehead atoms. The van der Waals surface area contributed by atoms with Gasteiger partial charge in [0.25, 0.3) is 5.91 Å². The van der Waals surface area contributed by atoms with Crippen LogP contribution in [-0.4, -0.2) is 11.0 Å². The molecule has 158 valence electrons. The Hall–Kier alpha value is -3.69. The molecule has 3 nitrogen and oxygen atoms in total. The zero-order valence-corrected chi connectivity index (χ0v) is 18.0. The van der Waals surface area contributed by atoms with E-state index in [0.29, 0.717) is 12.1 Å². The third kappa shape index (κ3) is 3.05. The Kier molecular flexibility index (Phi) is 4.91. The summed E-state index contributed by atoms with van der Waals surface area (Å²) in [7, 11) is 0. The molecule has 0 saturated carbocycles. The number of carbonyl (C=O) groups excluding carboxylic acids is 1. The summed E-state index contributed by atoms with van der Waals surface area (Å²) in [5, 5.41) is 14.2. The number of hydrogen-bond donors (Lipinski definition) is 1. The third-order valence-corrected chi connectivity index (χ3v) is 6.51. The van der Waals surface area contributed by atoms with Crippen LogP contribution in [0.25, 0.3) is 10.8 Å². The normalized spacial score (nSPS) is 18.6. The molecule has 1 aliphatic heterocycles. The summed E-state index contributed by atoms with van der Waals surface area (Å²) in [6, 6.07) is 29.7. The van der Waals surface area contributed by atoms with Crippen LogP contribution in [0.2, 0.25) is 0 Å². The molecule has 32 heavy (non-hydrogen) atoms. The molecule has 0 unspecified atom stereocenters. The highest BCUT2D eigenvalue weighted by molar-refractivity contribution is 6.08. The molecule has 1 aliphatic rings. The number of carbonyl (C=O) groups is 1. The van der Waals surface area contributed by atoms with Crippen molar-refractivity contribution in [2.24, 2.45) is 0 Å². The van der Waals surface area contributed by atoms with Gasteiger partial charge in [0.05, 0.1) is 12.2 Å². The molecule has 0 aromatic heterocycles. The van der Waals surface area contributed by atoms with Gasteiger partial charge in [-0.25, -0.2) is 0 Å². The molecule has 5 rings (SSSR count). The molecule has 1 amide bonds. The van der Waals surface area contributed by atoms with E-state index in [-0.39, 0.29) is 5.91 Å². The molecule has 0 aliphatic carbocycles. The number of benzene rings is 4. The van der Waals surface area contributed by atoms with Crippen molar-refractivity contribution in [2.45, 2.75) is 25.0 Å². The molecule has 0 saturated heterocycles. The highest BCUT2D eigenvalue weighted by Crippen LogP contribution is 2.49. The fourth-order valence-corrected chi connectivity index (χ4v) is 4.84. The van der Waals surface area contributed by atoms with Gasteiger partial charge >= 0.3 is 0 Å². The predicted molar refractivity (Wildman–Crippen MR) is 130 cm³/mol. The number of aliphatic hydroxyl groups is 1. The third-order valence-electron chi connectivity index (χ3n) is 6.51. The number of aryl methyl sites for hydroxylation is 1. The largest absolute Gasteiger partial charge is 0.374 e. The van der Waals surface area contributed by atoms with E-state index >= 15 is 0 Å². The molecule has 4 aromatic carbocycles. The first-order valence-electron chi connectivity index (χ1n) is 10.8. The van der Waals surface area contributed by atoms with Crippen LogP contribution in [0.1, 0.15) is 28.2 Å². The molecule has 1 N–H and O–H groups in total. The molecular weight excluding hydrogens is 394 g/mol. The zero-order chi connectivity index (χ0) is 22.3. The molecule has 0 fully saturated rings. The Morgan fingerprint density at radius 2 is 1.62 bits per heavy atom. The van der Waals surface area contributed by atoms with Gasteiger partial charge in [-0.2, -0.15) is 0 Å². The minimum absolute atomic E-state index is 0.322. The number of rotatable bonds is 5. The van der Waals surface area contributed by atoms with E-state index in [1.54, 1.807) is 11.0 Å². The van der Waals surface area contributed by atoms with Crippen molar-refractivity contribution in [3.8, 4) is 0 Å². The number of fused-ring (bicyclic) bond motifs is 2. The van der Waals surface area contributed by atoms with E-state index in [1.807, 2.05) is 79.7 Å². The summed E-state index contributed by atoms with van der Waals surface area (Å²) in [6.07, 6.45) is 1.68. The number of nitrogens with zero attached hydrogens (tertiary/aromatic N) is 1. The summed E-state index contributed by atoms with van der Waals surface area (Å²) in [5.41, 5.74) is 2.68. The lowest BCUT2D eigenvalue weighted by atomic mass is 9.78. The van der Waals surface area contributed by atoms with Crippen LogP contribution >= 0.6 is 0 Å². The topological polar surface area (TPSA) is 40.5 Å². The highest BCUT2D eigenvalue weighted by Gasteiger charge is 2.54. The van der Waals surface area contributed by atoms with Crippen LogP contribution < -0.4 is 4.90 Å². The monoisotopic (exact) mass is 419 g/mol. The van der Waals surface area contributed by atoms with Gasteiger partial charge < -0.3 is 10.0 Å². The van der Waals surface area contributed by atoms with Crippen molar-refractivity contribution in [1.29, 1.82) is 0 Å². The van der Waals surface area contributed by atoms with Gasteiger partial charge in [-0.3, -0.25) is 4.79 Å². The lowest BCUT2D eigenvalue weighted by Crippen LogP contribution is -2.44. The molecule has 3 heteroatoms. The Morgan fingerprint density at radius 3 is 2.41 bits per heavy atom. The molecule has 0 spiro atoms. The zero-order valence-electron chi connectivity index (χ0n) is 18.0. The van der Waals surface area contributed by atoms with E-state index < -0.39 is 11.5 Å². The van der Waals surface area contributed by atoms with Gasteiger partial charge in [-0.1, -0.05) is 96.6 Å². The summed E-state index contributed by atoms with van der Waals surface area (Å²) >= 11 is 0. The summed E-state index contributed by atoms with van der Waals surface area (Å²) in [5.74, 6) is -0.883. The van der Waals surface area contributed by atoms with Crippen molar-refractivity contribution in [3.05, 3.63) is 126 Å². The fraction of sp³-hybridized carbons (Fsp3) is 0.138. The molecule has 4 aromatic rings. The maximum atomic E-state index is 13.9. The standard InChI is InChI=1S/C29H25NO2/c1-3-25(22-17-15-20(2)16-18-22)29(32)26-13-6-7-14-27(26)30(28(29)31)19-23-11-8-10-21-9-4-5-12-24(21)23/h3-18,25,32H,1,19H2,2H3/t25-,29-/m1/s1. The van der Waals surface area contributed by atoms with Crippen molar-refractivity contribution in [2.75, 3.05) is 4.90 Å². The first kappa shape index (κ1) is 20.2. The van der Waals surface area contributed by atoms with Gasteiger partial charge in [0.1, 0.15) is 0 Å². The second-order valence-corrected chi connectivity index (χ2v) is 8.44. The first-order valence-corrected chi connectivity index (χ1v) is 10.8. The Labute approximate surface area is 188 Å². The number of hydrogen-bond acceptors (Lipinski definition) is 2. The summed E-state index contributed by atoms with van der Waals surface area (Å²) in [6.45, 7) is 6.38. The van der Waals surface area contributed by atoms with Crippen LogP contribution in [0.15, 0.2) is 104 Å². The van der Waals surface area contributed by atoms with E-state index in [9.17, 15) is 9.90 Å². The summed E-state index contributed by atoms with van der Waals surface area (Å²) in [4.78, 5) is 15.6. The minimum Gasteiger partial charge on any atom is -0.374 e. The fourth-order valence-electron chi connectivity index (χ4n) is 4.84. The van der Waals surface area contributed by atoms with Crippen LogP contribution in [0, 0.1) is 6.92 Å². The molecule has 2 atom stereocenters. The Bertz CT molecular complexity index is 1320. The molecular formula is C29H25NO2. The van der Waals surface area contributed by atoms with Gasteiger partial charge in [0.2, 0.25) is 0 Å².